The fourth-order valence-electron chi connectivity index (χ4n) is 2.66. The van der Waals surface area contributed by atoms with Gasteiger partial charge in [0.05, 0.1) is 6.04 Å². The zero-order valence-corrected chi connectivity index (χ0v) is 12.4. The Balaban J connectivity index is 1.63. The highest BCUT2D eigenvalue weighted by molar-refractivity contribution is 5.96. The molecule has 2 atom stereocenters. The first-order chi connectivity index (χ1) is 9.60. The largest absolute Gasteiger partial charge is 0.338 e. The molecule has 1 saturated carbocycles. The molecule has 6 heteroatoms. The predicted octanol–water partition coefficient (Wildman–Crippen LogP) is 0.295. The molecule has 0 aromatic carbocycles. The van der Waals surface area contributed by atoms with E-state index in [-0.39, 0.29) is 11.9 Å². The Morgan fingerprint density at radius 2 is 2.05 bits per heavy atom. The summed E-state index contributed by atoms with van der Waals surface area (Å²) in [4.78, 5) is 25.6. The van der Waals surface area contributed by atoms with Crippen molar-refractivity contribution in [2.24, 2.45) is 5.92 Å². The van der Waals surface area contributed by atoms with Crippen LogP contribution in [0.5, 0.6) is 0 Å². The van der Waals surface area contributed by atoms with Gasteiger partial charge in [-0.1, -0.05) is 0 Å². The van der Waals surface area contributed by atoms with Crippen molar-refractivity contribution in [3.05, 3.63) is 0 Å². The SMILES string of the molecule is CCNC(=O)NC(=O)C(C)NCC1CCN(C2CC2)C1. The molecule has 0 bridgehead atoms. The molecule has 1 aliphatic carbocycles. The van der Waals surface area contributed by atoms with E-state index in [0.29, 0.717) is 12.5 Å². The molecule has 0 spiro atoms. The van der Waals surface area contributed by atoms with Gasteiger partial charge in [-0.15, -0.1) is 0 Å². The summed E-state index contributed by atoms with van der Waals surface area (Å²) in [7, 11) is 0. The summed E-state index contributed by atoms with van der Waals surface area (Å²) in [6.45, 7) is 7.30. The highest BCUT2D eigenvalue weighted by Gasteiger charge is 2.34. The highest BCUT2D eigenvalue weighted by atomic mass is 16.2. The molecule has 2 fully saturated rings. The van der Waals surface area contributed by atoms with Gasteiger partial charge in [0.25, 0.3) is 0 Å². The van der Waals surface area contributed by atoms with E-state index in [1.807, 2.05) is 6.92 Å². The summed E-state index contributed by atoms with van der Waals surface area (Å²) in [6.07, 6.45) is 3.91. The number of hydrogen-bond acceptors (Lipinski definition) is 4. The molecule has 0 aromatic rings. The normalized spacial score (nSPS) is 24.4. The molecule has 3 amide bonds. The van der Waals surface area contributed by atoms with E-state index in [4.69, 9.17) is 0 Å². The fraction of sp³-hybridized carbons (Fsp3) is 0.857. The van der Waals surface area contributed by atoms with Crippen LogP contribution in [0.3, 0.4) is 0 Å². The number of nitrogens with zero attached hydrogens (tertiary/aromatic N) is 1. The Kier molecular flexibility index (Phi) is 5.37. The van der Waals surface area contributed by atoms with E-state index in [1.165, 1.54) is 25.8 Å². The van der Waals surface area contributed by atoms with Gasteiger partial charge in [-0.3, -0.25) is 10.1 Å². The number of amides is 3. The number of hydrogen-bond donors (Lipinski definition) is 3. The second-order valence-corrected chi connectivity index (χ2v) is 5.86. The lowest BCUT2D eigenvalue weighted by atomic mass is 10.1. The summed E-state index contributed by atoms with van der Waals surface area (Å²) in [5.41, 5.74) is 0. The molecule has 0 aromatic heterocycles. The number of rotatable bonds is 6. The Morgan fingerprint density at radius 1 is 1.30 bits per heavy atom. The standard InChI is InChI=1S/C14H26N4O2/c1-3-15-14(20)17-13(19)10(2)16-8-11-6-7-18(9-11)12-4-5-12/h10-12,16H,3-9H2,1-2H3,(H2,15,17,19,20). The molecular weight excluding hydrogens is 256 g/mol. The molecule has 114 valence electrons. The number of carbonyl (C=O) groups excluding carboxylic acids is 2. The quantitative estimate of drug-likeness (QED) is 0.655. The van der Waals surface area contributed by atoms with Gasteiger partial charge in [0.15, 0.2) is 0 Å². The molecule has 1 saturated heterocycles. The highest BCUT2D eigenvalue weighted by Crippen LogP contribution is 2.31. The first-order valence-corrected chi connectivity index (χ1v) is 7.66. The molecule has 2 aliphatic rings. The molecule has 6 nitrogen and oxygen atoms in total. The van der Waals surface area contributed by atoms with Crippen molar-refractivity contribution in [1.82, 2.24) is 20.9 Å². The van der Waals surface area contributed by atoms with Crippen LogP contribution in [0, 0.1) is 5.92 Å². The van der Waals surface area contributed by atoms with E-state index < -0.39 is 6.03 Å². The van der Waals surface area contributed by atoms with Gasteiger partial charge < -0.3 is 15.5 Å². The van der Waals surface area contributed by atoms with E-state index in [9.17, 15) is 9.59 Å². The summed E-state index contributed by atoms with van der Waals surface area (Å²) in [5.74, 6) is 0.350. The lowest BCUT2D eigenvalue weighted by molar-refractivity contribution is -0.121. The van der Waals surface area contributed by atoms with E-state index >= 15 is 0 Å². The van der Waals surface area contributed by atoms with Gasteiger partial charge in [-0.25, -0.2) is 4.79 Å². The Hall–Kier alpha value is -1.14. The first-order valence-electron chi connectivity index (χ1n) is 7.66. The number of imide groups is 1. The van der Waals surface area contributed by atoms with Crippen molar-refractivity contribution in [3.63, 3.8) is 0 Å². The van der Waals surface area contributed by atoms with E-state index in [2.05, 4.69) is 20.9 Å². The number of likely N-dealkylation sites (tertiary alicyclic amines) is 1. The monoisotopic (exact) mass is 282 g/mol. The van der Waals surface area contributed by atoms with Crippen LogP contribution in [0.1, 0.15) is 33.1 Å². The van der Waals surface area contributed by atoms with Gasteiger partial charge >= 0.3 is 6.03 Å². The fourth-order valence-corrected chi connectivity index (χ4v) is 2.66. The maximum atomic E-state index is 11.8. The van der Waals surface area contributed by atoms with Gasteiger partial charge in [-0.2, -0.15) is 0 Å². The topological polar surface area (TPSA) is 73.5 Å². The predicted molar refractivity (Wildman–Crippen MR) is 77.4 cm³/mol. The summed E-state index contributed by atoms with van der Waals surface area (Å²) in [5, 5.41) is 8.11. The van der Waals surface area contributed by atoms with Crippen LogP contribution in [0.15, 0.2) is 0 Å². The lowest BCUT2D eigenvalue weighted by Crippen LogP contribution is -2.49. The van der Waals surface area contributed by atoms with E-state index in [0.717, 1.165) is 19.1 Å². The van der Waals surface area contributed by atoms with Crippen molar-refractivity contribution in [2.45, 2.75) is 45.2 Å². The zero-order chi connectivity index (χ0) is 14.5. The summed E-state index contributed by atoms with van der Waals surface area (Å²) < 4.78 is 0. The van der Waals surface area contributed by atoms with Crippen LogP contribution in [0.2, 0.25) is 0 Å². The van der Waals surface area contributed by atoms with Gasteiger partial charge in [-0.05, 0) is 52.1 Å². The van der Waals surface area contributed by atoms with E-state index in [1.54, 1.807) is 6.92 Å². The molecule has 3 N–H and O–H groups in total. The minimum absolute atomic E-state index is 0.270. The van der Waals surface area contributed by atoms with Gasteiger partial charge in [0, 0.05) is 19.1 Å². The van der Waals surface area contributed by atoms with Crippen molar-refractivity contribution in [3.8, 4) is 0 Å². The molecular formula is C14H26N4O2. The van der Waals surface area contributed by atoms with Crippen molar-refractivity contribution < 1.29 is 9.59 Å². The smallest absolute Gasteiger partial charge is 0.321 e. The van der Waals surface area contributed by atoms with Gasteiger partial charge in [0.2, 0.25) is 5.91 Å². The maximum Gasteiger partial charge on any atom is 0.321 e. The van der Waals surface area contributed by atoms with Crippen molar-refractivity contribution in [2.75, 3.05) is 26.2 Å². The van der Waals surface area contributed by atoms with Crippen LogP contribution >= 0.6 is 0 Å². The van der Waals surface area contributed by atoms with Crippen LogP contribution in [-0.4, -0.2) is 55.1 Å². The number of carbonyl (C=O) groups is 2. The van der Waals surface area contributed by atoms with Crippen LogP contribution in [0.25, 0.3) is 0 Å². The number of nitrogens with one attached hydrogen (secondary N) is 3. The first kappa shape index (κ1) is 15.3. The van der Waals surface area contributed by atoms with Crippen LogP contribution in [0.4, 0.5) is 4.79 Å². The third-order valence-electron chi connectivity index (χ3n) is 4.06. The van der Waals surface area contributed by atoms with Crippen LogP contribution in [-0.2, 0) is 4.79 Å². The third kappa shape index (κ3) is 4.45. The molecule has 1 aliphatic heterocycles. The Labute approximate surface area is 120 Å². The molecule has 20 heavy (non-hydrogen) atoms. The molecule has 2 unspecified atom stereocenters. The second kappa shape index (κ2) is 7.04. The van der Waals surface area contributed by atoms with Crippen molar-refractivity contribution >= 4 is 11.9 Å². The molecule has 0 radical (unpaired) electrons. The zero-order valence-electron chi connectivity index (χ0n) is 12.4. The van der Waals surface area contributed by atoms with Crippen molar-refractivity contribution in [1.29, 1.82) is 0 Å². The Bertz CT molecular complexity index is 357. The Morgan fingerprint density at radius 3 is 2.70 bits per heavy atom. The third-order valence-corrected chi connectivity index (χ3v) is 4.06. The number of urea groups is 1. The summed E-state index contributed by atoms with van der Waals surface area (Å²) in [6, 6.07) is 0.0676. The second-order valence-electron chi connectivity index (χ2n) is 5.86. The lowest BCUT2D eigenvalue weighted by Gasteiger charge is -2.18. The minimum Gasteiger partial charge on any atom is -0.338 e. The average molecular weight is 282 g/mol. The van der Waals surface area contributed by atoms with Crippen LogP contribution < -0.4 is 16.0 Å². The molecule has 1 heterocycles. The molecule has 2 rings (SSSR count). The summed E-state index contributed by atoms with van der Waals surface area (Å²) >= 11 is 0. The van der Waals surface area contributed by atoms with Gasteiger partial charge in [0.1, 0.15) is 0 Å². The minimum atomic E-state index is -0.424. The average Bonchev–Trinajstić information content (AvgIpc) is 3.15. The maximum absolute atomic E-state index is 11.8.